The van der Waals surface area contributed by atoms with Crippen LogP contribution in [0.3, 0.4) is 0 Å². The Balaban J connectivity index is 1.71. The number of piperidine rings is 1. The monoisotopic (exact) mass is 332 g/mol. The second-order valence-corrected chi connectivity index (χ2v) is 6.83. The molecule has 1 aliphatic heterocycles. The van der Waals surface area contributed by atoms with Crippen LogP contribution in [0.1, 0.15) is 43.2 Å². The van der Waals surface area contributed by atoms with Crippen molar-refractivity contribution < 1.29 is 4.42 Å². The standard InChI is InChI=1S/C17H28N6O/c1-5-23-8-6-7-14(17(23)15-9-18-22(4)11-15)10-21(3)12-16-20-19-13(2)24-16/h9,11,14,17H,5-8,10,12H2,1-4H3/t14-,17+/m0/s1. The molecule has 1 fully saturated rings. The molecule has 0 amide bonds. The van der Waals surface area contributed by atoms with E-state index in [2.05, 4.69) is 45.3 Å². The molecule has 0 N–H and O–H groups in total. The maximum absolute atomic E-state index is 5.51. The predicted molar refractivity (Wildman–Crippen MR) is 91.3 cm³/mol. The first-order valence-corrected chi connectivity index (χ1v) is 8.77. The van der Waals surface area contributed by atoms with Crippen molar-refractivity contribution in [1.82, 2.24) is 29.8 Å². The molecule has 7 nitrogen and oxygen atoms in total. The van der Waals surface area contributed by atoms with Gasteiger partial charge in [-0.2, -0.15) is 5.10 Å². The first kappa shape index (κ1) is 17.1. The molecule has 1 saturated heterocycles. The van der Waals surface area contributed by atoms with Crippen LogP contribution in [-0.2, 0) is 13.6 Å². The molecule has 0 aromatic carbocycles. The molecule has 24 heavy (non-hydrogen) atoms. The van der Waals surface area contributed by atoms with Crippen LogP contribution in [0.2, 0.25) is 0 Å². The lowest BCUT2D eigenvalue weighted by Gasteiger charge is -2.41. The van der Waals surface area contributed by atoms with Gasteiger partial charge in [0.05, 0.1) is 12.7 Å². The molecular weight excluding hydrogens is 304 g/mol. The molecule has 0 saturated carbocycles. The van der Waals surface area contributed by atoms with Crippen molar-refractivity contribution >= 4 is 0 Å². The summed E-state index contributed by atoms with van der Waals surface area (Å²) in [7, 11) is 4.12. The molecule has 132 valence electrons. The van der Waals surface area contributed by atoms with Crippen molar-refractivity contribution in [3.63, 3.8) is 0 Å². The highest BCUT2D eigenvalue weighted by Crippen LogP contribution is 2.36. The molecule has 0 aliphatic carbocycles. The Morgan fingerprint density at radius 3 is 2.83 bits per heavy atom. The van der Waals surface area contributed by atoms with Crippen LogP contribution in [0, 0.1) is 12.8 Å². The molecule has 2 aromatic heterocycles. The molecule has 1 aliphatic rings. The highest BCUT2D eigenvalue weighted by Gasteiger charge is 2.33. The van der Waals surface area contributed by atoms with Crippen molar-refractivity contribution in [2.75, 3.05) is 26.7 Å². The lowest BCUT2D eigenvalue weighted by molar-refractivity contribution is 0.0730. The molecule has 2 atom stereocenters. The minimum absolute atomic E-state index is 0.435. The van der Waals surface area contributed by atoms with E-state index < -0.39 is 0 Å². The Bertz CT molecular complexity index is 651. The van der Waals surface area contributed by atoms with E-state index in [0.29, 0.717) is 30.3 Å². The lowest BCUT2D eigenvalue weighted by Crippen LogP contribution is -2.42. The van der Waals surface area contributed by atoms with Gasteiger partial charge in [-0.1, -0.05) is 6.92 Å². The molecule has 7 heteroatoms. The number of likely N-dealkylation sites (tertiary alicyclic amines) is 1. The van der Waals surface area contributed by atoms with E-state index >= 15 is 0 Å². The van der Waals surface area contributed by atoms with Gasteiger partial charge in [0.25, 0.3) is 0 Å². The summed E-state index contributed by atoms with van der Waals surface area (Å²) < 4.78 is 7.42. The average molecular weight is 332 g/mol. The van der Waals surface area contributed by atoms with E-state index in [1.54, 1.807) is 0 Å². The fourth-order valence-corrected chi connectivity index (χ4v) is 3.87. The number of rotatable bonds is 6. The largest absolute Gasteiger partial charge is 0.424 e. The van der Waals surface area contributed by atoms with Crippen molar-refractivity contribution in [1.29, 1.82) is 0 Å². The van der Waals surface area contributed by atoms with Crippen LogP contribution in [0.5, 0.6) is 0 Å². The van der Waals surface area contributed by atoms with E-state index in [1.807, 2.05) is 24.9 Å². The summed E-state index contributed by atoms with van der Waals surface area (Å²) in [6.45, 7) is 8.02. The molecule has 3 heterocycles. The normalized spacial score (nSPS) is 22.4. The molecule has 0 bridgehead atoms. The number of hydrogen-bond donors (Lipinski definition) is 0. The van der Waals surface area contributed by atoms with Crippen LogP contribution >= 0.6 is 0 Å². The van der Waals surface area contributed by atoms with Crippen molar-refractivity contribution in [3.05, 3.63) is 29.7 Å². The quantitative estimate of drug-likeness (QED) is 0.806. The fourth-order valence-electron chi connectivity index (χ4n) is 3.87. The molecule has 0 radical (unpaired) electrons. The maximum Gasteiger partial charge on any atom is 0.230 e. The van der Waals surface area contributed by atoms with Gasteiger partial charge in [-0.25, -0.2) is 0 Å². The summed E-state index contributed by atoms with van der Waals surface area (Å²) in [4.78, 5) is 4.87. The zero-order valence-electron chi connectivity index (χ0n) is 15.1. The van der Waals surface area contributed by atoms with Gasteiger partial charge < -0.3 is 4.42 Å². The summed E-state index contributed by atoms with van der Waals surface area (Å²) in [6, 6.07) is 0.435. The van der Waals surface area contributed by atoms with Gasteiger partial charge in [-0.3, -0.25) is 14.5 Å². The summed E-state index contributed by atoms with van der Waals surface area (Å²) >= 11 is 0. The number of aromatic nitrogens is 4. The van der Waals surface area contributed by atoms with Crippen LogP contribution in [0.4, 0.5) is 0 Å². The SMILES string of the molecule is CCN1CCC[C@@H](CN(C)Cc2nnc(C)o2)[C@@H]1c1cnn(C)c1. The van der Waals surface area contributed by atoms with Gasteiger partial charge in [0.1, 0.15) is 0 Å². The topological polar surface area (TPSA) is 63.2 Å². The van der Waals surface area contributed by atoms with Crippen LogP contribution in [0.15, 0.2) is 16.8 Å². The van der Waals surface area contributed by atoms with Gasteiger partial charge in [0, 0.05) is 38.3 Å². The third-order valence-corrected chi connectivity index (χ3v) is 4.85. The maximum atomic E-state index is 5.51. The third kappa shape index (κ3) is 3.84. The average Bonchev–Trinajstić information content (AvgIpc) is 3.15. The highest BCUT2D eigenvalue weighted by atomic mass is 16.4. The van der Waals surface area contributed by atoms with E-state index in [1.165, 1.54) is 24.9 Å². The van der Waals surface area contributed by atoms with Crippen molar-refractivity contribution in [2.24, 2.45) is 13.0 Å². The summed E-state index contributed by atoms with van der Waals surface area (Å²) in [5.41, 5.74) is 1.33. The summed E-state index contributed by atoms with van der Waals surface area (Å²) in [5, 5.41) is 12.4. The predicted octanol–water partition coefficient (Wildman–Crippen LogP) is 2.02. The van der Waals surface area contributed by atoms with Crippen LogP contribution < -0.4 is 0 Å². The fraction of sp³-hybridized carbons (Fsp3) is 0.706. The van der Waals surface area contributed by atoms with Gasteiger partial charge in [-0.05, 0) is 38.9 Å². The van der Waals surface area contributed by atoms with Gasteiger partial charge in [-0.15, -0.1) is 10.2 Å². The number of nitrogens with zero attached hydrogens (tertiary/aromatic N) is 6. The molecule has 0 unspecified atom stereocenters. The first-order chi connectivity index (χ1) is 11.6. The second kappa shape index (κ2) is 7.44. The number of hydrogen-bond acceptors (Lipinski definition) is 6. The molecule has 2 aromatic rings. The lowest BCUT2D eigenvalue weighted by atomic mass is 9.85. The minimum atomic E-state index is 0.435. The van der Waals surface area contributed by atoms with E-state index in [-0.39, 0.29) is 0 Å². The zero-order chi connectivity index (χ0) is 17.1. The van der Waals surface area contributed by atoms with Crippen LogP contribution in [0.25, 0.3) is 0 Å². The second-order valence-electron chi connectivity index (χ2n) is 6.83. The minimum Gasteiger partial charge on any atom is -0.424 e. The Hall–Kier alpha value is -1.73. The molecule has 0 spiro atoms. The van der Waals surface area contributed by atoms with E-state index in [4.69, 9.17) is 4.42 Å². The highest BCUT2D eigenvalue weighted by molar-refractivity contribution is 5.13. The Morgan fingerprint density at radius 2 is 2.21 bits per heavy atom. The summed E-state index contributed by atoms with van der Waals surface area (Å²) in [5.74, 6) is 1.90. The van der Waals surface area contributed by atoms with Gasteiger partial charge in [0.2, 0.25) is 11.8 Å². The van der Waals surface area contributed by atoms with Crippen molar-refractivity contribution in [2.45, 2.75) is 39.3 Å². The Kier molecular flexibility index (Phi) is 5.30. The van der Waals surface area contributed by atoms with Gasteiger partial charge >= 0.3 is 0 Å². The van der Waals surface area contributed by atoms with E-state index in [0.717, 1.165) is 13.1 Å². The van der Waals surface area contributed by atoms with Gasteiger partial charge in [0.15, 0.2) is 0 Å². The van der Waals surface area contributed by atoms with Crippen LogP contribution in [-0.4, -0.2) is 56.5 Å². The number of aryl methyl sites for hydroxylation is 2. The Labute approximate surface area is 143 Å². The van der Waals surface area contributed by atoms with E-state index in [9.17, 15) is 0 Å². The van der Waals surface area contributed by atoms with Crippen molar-refractivity contribution in [3.8, 4) is 0 Å². The Morgan fingerprint density at radius 1 is 1.38 bits per heavy atom. The molecular formula is C17H28N6O. The first-order valence-electron chi connectivity index (χ1n) is 8.77. The third-order valence-electron chi connectivity index (χ3n) is 4.85. The summed E-state index contributed by atoms with van der Waals surface area (Å²) in [6.07, 6.45) is 6.67. The molecule has 3 rings (SSSR count). The zero-order valence-corrected chi connectivity index (χ0v) is 15.1. The smallest absolute Gasteiger partial charge is 0.230 e.